The van der Waals surface area contributed by atoms with Crippen LogP contribution in [0.15, 0.2) is 0 Å². The van der Waals surface area contributed by atoms with Crippen LogP contribution in [-0.2, 0) is 14.8 Å². The Morgan fingerprint density at radius 2 is 2.00 bits per heavy atom. The number of piperidine rings is 1. The average Bonchev–Trinajstić information content (AvgIpc) is 2.82. The smallest absolute Gasteiger partial charge is 0.215 e. The highest BCUT2D eigenvalue weighted by Crippen LogP contribution is 2.18. The molecule has 18 heavy (non-hydrogen) atoms. The largest absolute Gasteiger partial charge is 0.378 e. The number of ether oxygens (including phenoxy) is 1. The van der Waals surface area contributed by atoms with Crippen LogP contribution < -0.4 is 5.32 Å². The fraction of sp³-hybridized carbons (Fsp3) is 1.00. The quantitative estimate of drug-likeness (QED) is 0.797. The van der Waals surface area contributed by atoms with Gasteiger partial charge in [0.1, 0.15) is 0 Å². The van der Waals surface area contributed by atoms with Crippen molar-refractivity contribution in [2.24, 2.45) is 0 Å². The van der Waals surface area contributed by atoms with Crippen LogP contribution in [0.25, 0.3) is 0 Å². The van der Waals surface area contributed by atoms with E-state index in [4.69, 9.17) is 4.74 Å². The first kappa shape index (κ1) is 14.2. The fourth-order valence-corrected chi connectivity index (χ4v) is 4.54. The van der Waals surface area contributed by atoms with Crippen LogP contribution in [0.1, 0.15) is 32.6 Å². The maximum absolute atomic E-state index is 12.3. The third kappa shape index (κ3) is 3.66. The second-order valence-corrected chi connectivity index (χ2v) is 7.14. The first-order valence-corrected chi connectivity index (χ1v) is 8.55. The standard InChI is InChI=1S/C12H24N2O3S/c1-2-17-12-5-8-14(9-6-12)18(15,16)10-11-4-3-7-13-11/h11-13H,2-10H2,1H3. The minimum atomic E-state index is -3.09. The predicted molar refractivity (Wildman–Crippen MR) is 71.0 cm³/mol. The molecule has 2 aliphatic heterocycles. The highest BCUT2D eigenvalue weighted by atomic mass is 32.2. The van der Waals surface area contributed by atoms with Crippen molar-refractivity contribution < 1.29 is 13.2 Å². The van der Waals surface area contributed by atoms with Crippen molar-refractivity contribution in [3.63, 3.8) is 0 Å². The Hall–Kier alpha value is -0.170. The molecule has 0 amide bonds. The Morgan fingerprint density at radius 1 is 1.28 bits per heavy atom. The van der Waals surface area contributed by atoms with E-state index in [1.54, 1.807) is 4.31 Å². The molecule has 2 heterocycles. The Labute approximate surface area is 110 Å². The number of hydrogen-bond donors (Lipinski definition) is 1. The fourth-order valence-electron chi connectivity index (χ4n) is 2.77. The van der Waals surface area contributed by atoms with Gasteiger partial charge in [-0.15, -0.1) is 0 Å². The molecule has 1 N–H and O–H groups in total. The van der Waals surface area contributed by atoms with Crippen LogP contribution in [0.2, 0.25) is 0 Å². The minimum Gasteiger partial charge on any atom is -0.378 e. The van der Waals surface area contributed by atoms with Gasteiger partial charge in [0.2, 0.25) is 10.0 Å². The summed E-state index contributed by atoms with van der Waals surface area (Å²) in [4.78, 5) is 0. The molecule has 2 fully saturated rings. The zero-order valence-electron chi connectivity index (χ0n) is 11.1. The summed E-state index contributed by atoms with van der Waals surface area (Å²) in [7, 11) is -3.09. The van der Waals surface area contributed by atoms with Crippen molar-refractivity contribution in [2.45, 2.75) is 44.8 Å². The van der Waals surface area contributed by atoms with E-state index in [9.17, 15) is 8.42 Å². The van der Waals surface area contributed by atoms with Gasteiger partial charge in [-0.3, -0.25) is 0 Å². The molecular weight excluding hydrogens is 252 g/mol. The van der Waals surface area contributed by atoms with Crippen molar-refractivity contribution in [2.75, 3.05) is 32.0 Å². The van der Waals surface area contributed by atoms with E-state index < -0.39 is 10.0 Å². The summed E-state index contributed by atoms with van der Waals surface area (Å²) >= 11 is 0. The Bertz CT molecular complexity index is 344. The lowest BCUT2D eigenvalue weighted by Crippen LogP contribution is -2.45. The third-order valence-electron chi connectivity index (χ3n) is 3.77. The van der Waals surface area contributed by atoms with Gasteiger partial charge in [-0.2, -0.15) is 0 Å². The Kier molecular flexibility index (Phi) is 5.00. The van der Waals surface area contributed by atoms with Gasteiger partial charge >= 0.3 is 0 Å². The lowest BCUT2D eigenvalue weighted by molar-refractivity contribution is 0.0290. The molecule has 5 nitrogen and oxygen atoms in total. The first-order chi connectivity index (χ1) is 8.62. The molecule has 0 bridgehead atoms. The monoisotopic (exact) mass is 276 g/mol. The van der Waals surface area contributed by atoms with Gasteiger partial charge in [0, 0.05) is 25.7 Å². The zero-order valence-corrected chi connectivity index (χ0v) is 11.9. The number of hydrogen-bond acceptors (Lipinski definition) is 4. The van der Waals surface area contributed by atoms with Gasteiger partial charge in [-0.05, 0) is 39.2 Å². The Balaban J connectivity index is 1.83. The lowest BCUT2D eigenvalue weighted by Gasteiger charge is -2.31. The van der Waals surface area contributed by atoms with Gasteiger partial charge < -0.3 is 10.1 Å². The predicted octanol–water partition coefficient (Wildman–Crippen LogP) is 0.569. The summed E-state index contributed by atoms with van der Waals surface area (Å²) in [5, 5.41) is 3.25. The summed E-state index contributed by atoms with van der Waals surface area (Å²) in [5.74, 6) is 0.256. The highest BCUT2D eigenvalue weighted by molar-refractivity contribution is 7.89. The van der Waals surface area contributed by atoms with E-state index >= 15 is 0 Å². The van der Waals surface area contributed by atoms with Gasteiger partial charge in [0.25, 0.3) is 0 Å². The van der Waals surface area contributed by atoms with E-state index in [-0.39, 0.29) is 17.9 Å². The van der Waals surface area contributed by atoms with Gasteiger partial charge in [0.15, 0.2) is 0 Å². The Morgan fingerprint density at radius 3 is 2.56 bits per heavy atom. The zero-order chi connectivity index (χ0) is 13.0. The number of nitrogens with zero attached hydrogens (tertiary/aromatic N) is 1. The van der Waals surface area contributed by atoms with E-state index in [2.05, 4.69) is 5.32 Å². The number of nitrogens with one attached hydrogen (secondary N) is 1. The summed E-state index contributed by atoms with van der Waals surface area (Å²) in [6, 6.07) is 0.152. The molecule has 106 valence electrons. The lowest BCUT2D eigenvalue weighted by atomic mass is 10.1. The van der Waals surface area contributed by atoms with Crippen LogP contribution in [0.4, 0.5) is 0 Å². The van der Waals surface area contributed by atoms with Crippen molar-refractivity contribution in [1.29, 1.82) is 0 Å². The average molecular weight is 276 g/mol. The van der Waals surface area contributed by atoms with Crippen LogP contribution in [-0.4, -0.2) is 56.9 Å². The molecule has 0 aromatic heterocycles. The van der Waals surface area contributed by atoms with E-state index in [1.165, 1.54) is 0 Å². The third-order valence-corrected chi connectivity index (χ3v) is 5.75. The summed E-state index contributed by atoms with van der Waals surface area (Å²) < 4.78 is 31.7. The molecule has 0 aromatic rings. The topological polar surface area (TPSA) is 58.6 Å². The summed E-state index contributed by atoms with van der Waals surface area (Å²) in [6.07, 6.45) is 3.96. The van der Waals surface area contributed by atoms with Crippen LogP contribution in [0.3, 0.4) is 0 Å². The first-order valence-electron chi connectivity index (χ1n) is 6.94. The molecule has 1 unspecified atom stereocenters. The second-order valence-electron chi connectivity index (χ2n) is 5.13. The van der Waals surface area contributed by atoms with Crippen molar-refractivity contribution in [1.82, 2.24) is 9.62 Å². The molecule has 2 rings (SSSR count). The highest BCUT2D eigenvalue weighted by Gasteiger charge is 2.31. The molecule has 1 atom stereocenters. The van der Waals surface area contributed by atoms with Gasteiger partial charge in [-0.1, -0.05) is 0 Å². The summed E-state index contributed by atoms with van der Waals surface area (Å²) in [6.45, 7) is 4.87. The maximum Gasteiger partial charge on any atom is 0.215 e. The van der Waals surface area contributed by atoms with E-state index in [1.807, 2.05) is 6.92 Å². The minimum absolute atomic E-state index is 0.152. The van der Waals surface area contributed by atoms with Gasteiger partial charge in [0.05, 0.1) is 11.9 Å². The van der Waals surface area contributed by atoms with E-state index in [0.717, 1.165) is 32.2 Å². The molecular formula is C12H24N2O3S. The van der Waals surface area contributed by atoms with Crippen molar-refractivity contribution in [3.8, 4) is 0 Å². The molecule has 2 aliphatic rings. The molecule has 0 spiro atoms. The molecule has 0 aliphatic carbocycles. The molecule has 0 radical (unpaired) electrons. The van der Waals surface area contributed by atoms with Gasteiger partial charge in [-0.25, -0.2) is 12.7 Å². The molecule has 0 saturated carbocycles. The van der Waals surface area contributed by atoms with E-state index in [0.29, 0.717) is 19.7 Å². The van der Waals surface area contributed by atoms with Crippen LogP contribution >= 0.6 is 0 Å². The summed E-state index contributed by atoms with van der Waals surface area (Å²) in [5.41, 5.74) is 0. The maximum atomic E-state index is 12.3. The SMILES string of the molecule is CCOC1CCN(S(=O)(=O)CC2CCCN2)CC1. The molecule has 6 heteroatoms. The van der Waals surface area contributed by atoms with Crippen molar-refractivity contribution in [3.05, 3.63) is 0 Å². The van der Waals surface area contributed by atoms with Crippen LogP contribution in [0.5, 0.6) is 0 Å². The number of sulfonamides is 1. The molecule has 0 aromatic carbocycles. The molecule has 2 saturated heterocycles. The van der Waals surface area contributed by atoms with Crippen LogP contribution in [0, 0.1) is 0 Å². The second kappa shape index (κ2) is 6.32. The number of rotatable bonds is 5. The van der Waals surface area contributed by atoms with Crippen molar-refractivity contribution >= 4 is 10.0 Å². The normalized spacial score (nSPS) is 27.7.